The van der Waals surface area contributed by atoms with Crippen molar-refractivity contribution in [2.45, 2.75) is 5.03 Å². The number of carbonyl (C=O) groups excluding carboxylic acids is 1. The molecule has 0 bridgehead atoms. The molecule has 1 amide bonds. The molecule has 0 radical (unpaired) electrons. The Labute approximate surface area is 115 Å². The van der Waals surface area contributed by atoms with Crippen molar-refractivity contribution >= 4 is 23.4 Å². The fourth-order valence-corrected chi connectivity index (χ4v) is 2.06. The van der Waals surface area contributed by atoms with Crippen LogP contribution in [0.1, 0.15) is 5.56 Å². The number of hydrogen-bond donors (Lipinski definition) is 1. The summed E-state index contributed by atoms with van der Waals surface area (Å²) in [5.41, 5.74) is 1.26. The summed E-state index contributed by atoms with van der Waals surface area (Å²) in [6.07, 6.45) is 1.70. The lowest BCUT2D eigenvalue weighted by Gasteiger charge is -2.04. The molecule has 1 aromatic heterocycles. The number of hydrogen-bond acceptors (Lipinski definition) is 4. The Kier molecular flexibility index (Phi) is 4.54. The van der Waals surface area contributed by atoms with Crippen LogP contribution >= 0.6 is 11.8 Å². The molecule has 0 aliphatic carbocycles. The van der Waals surface area contributed by atoms with E-state index in [1.807, 2.05) is 24.3 Å². The zero-order valence-electron chi connectivity index (χ0n) is 10.0. The number of rotatable bonds is 4. The summed E-state index contributed by atoms with van der Waals surface area (Å²) in [5, 5.41) is 12.3. The van der Waals surface area contributed by atoms with E-state index < -0.39 is 0 Å². The minimum Gasteiger partial charge on any atom is -0.325 e. The Morgan fingerprint density at radius 1 is 1.26 bits per heavy atom. The van der Waals surface area contributed by atoms with Gasteiger partial charge in [-0.05, 0) is 36.4 Å². The first-order valence-electron chi connectivity index (χ1n) is 5.62. The quantitative estimate of drug-likeness (QED) is 0.867. The molecule has 1 heterocycles. The second-order valence-electron chi connectivity index (χ2n) is 3.69. The van der Waals surface area contributed by atoms with Gasteiger partial charge < -0.3 is 5.32 Å². The van der Waals surface area contributed by atoms with Gasteiger partial charge >= 0.3 is 0 Å². The molecule has 0 aliphatic rings. The van der Waals surface area contributed by atoms with Crippen LogP contribution in [0.2, 0.25) is 0 Å². The molecular formula is C14H11N3OS. The van der Waals surface area contributed by atoms with Gasteiger partial charge in [-0.3, -0.25) is 4.79 Å². The fraction of sp³-hybridized carbons (Fsp3) is 0.0714. The molecule has 2 aromatic rings. The van der Waals surface area contributed by atoms with Crippen molar-refractivity contribution in [3.63, 3.8) is 0 Å². The van der Waals surface area contributed by atoms with Gasteiger partial charge in [-0.2, -0.15) is 5.26 Å². The van der Waals surface area contributed by atoms with Crippen molar-refractivity contribution < 1.29 is 4.79 Å². The summed E-state index contributed by atoms with van der Waals surface area (Å²) in [4.78, 5) is 15.8. The van der Waals surface area contributed by atoms with Gasteiger partial charge in [0.15, 0.2) is 0 Å². The minimum absolute atomic E-state index is 0.0969. The van der Waals surface area contributed by atoms with Crippen LogP contribution in [0, 0.1) is 11.3 Å². The zero-order chi connectivity index (χ0) is 13.5. The number of anilines is 1. The first-order chi connectivity index (χ1) is 9.28. The summed E-state index contributed by atoms with van der Waals surface area (Å²) in [6, 6.07) is 14.4. The van der Waals surface area contributed by atoms with Gasteiger partial charge in [0.2, 0.25) is 5.91 Å². The van der Waals surface area contributed by atoms with Crippen LogP contribution in [0.4, 0.5) is 5.69 Å². The number of amides is 1. The molecule has 1 aromatic carbocycles. The molecule has 5 heteroatoms. The van der Waals surface area contributed by atoms with Crippen molar-refractivity contribution in [2.24, 2.45) is 0 Å². The second kappa shape index (κ2) is 6.57. The van der Waals surface area contributed by atoms with E-state index in [9.17, 15) is 4.79 Å². The van der Waals surface area contributed by atoms with Crippen LogP contribution in [0.3, 0.4) is 0 Å². The first-order valence-corrected chi connectivity index (χ1v) is 6.60. The maximum Gasteiger partial charge on any atom is 0.234 e. The lowest BCUT2D eigenvalue weighted by atomic mass is 10.2. The molecule has 4 nitrogen and oxygen atoms in total. The number of thioether (sulfide) groups is 1. The number of aromatic nitrogens is 1. The largest absolute Gasteiger partial charge is 0.325 e. The van der Waals surface area contributed by atoms with Gasteiger partial charge in [-0.1, -0.05) is 17.8 Å². The van der Waals surface area contributed by atoms with Crippen LogP contribution in [0.15, 0.2) is 53.7 Å². The fourth-order valence-electron chi connectivity index (χ4n) is 1.40. The van der Waals surface area contributed by atoms with E-state index in [-0.39, 0.29) is 5.91 Å². The van der Waals surface area contributed by atoms with Crippen molar-refractivity contribution in [1.82, 2.24) is 4.98 Å². The van der Waals surface area contributed by atoms with E-state index in [2.05, 4.69) is 10.3 Å². The SMILES string of the molecule is N#Cc1ccc(NC(=O)CSc2ccccn2)cc1. The lowest BCUT2D eigenvalue weighted by Crippen LogP contribution is -2.13. The third kappa shape index (κ3) is 4.12. The van der Waals surface area contributed by atoms with Gasteiger partial charge in [-0.15, -0.1) is 0 Å². The molecular weight excluding hydrogens is 258 g/mol. The summed E-state index contributed by atoms with van der Waals surface area (Å²) in [5.74, 6) is 0.206. The third-order valence-electron chi connectivity index (χ3n) is 2.29. The molecule has 0 unspecified atom stereocenters. The summed E-state index contributed by atoms with van der Waals surface area (Å²) in [6.45, 7) is 0. The van der Waals surface area contributed by atoms with Crippen LogP contribution in [-0.4, -0.2) is 16.6 Å². The van der Waals surface area contributed by atoms with E-state index in [1.54, 1.807) is 30.5 Å². The normalized spacial score (nSPS) is 9.63. The molecule has 0 atom stereocenters. The Morgan fingerprint density at radius 3 is 2.68 bits per heavy atom. The Morgan fingerprint density at radius 2 is 2.05 bits per heavy atom. The van der Waals surface area contributed by atoms with E-state index in [1.165, 1.54) is 11.8 Å². The molecule has 0 fully saturated rings. The molecule has 2 rings (SSSR count). The monoisotopic (exact) mass is 269 g/mol. The average Bonchev–Trinajstić information content (AvgIpc) is 2.47. The van der Waals surface area contributed by atoms with Crippen LogP contribution in [0.5, 0.6) is 0 Å². The van der Waals surface area contributed by atoms with Crippen molar-refractivity contribution in [1.29, 1.82) is 5.26 Å². The van der Waals surface area contributed by atoms with Crippen LogP contribution < -0.4 is 5.32 Å². The number of nitriles is 1. The summed E-state index contributed by atoms with van der Waals surface area (Å²) < 4.78 is 0. The molecule has 0 spiro atoms. The number of carbonyl (C=O) groups is 1. The first kappa shape index (κ1) is 13.1. The Balaban J connectivity index is 1.86. The van der Waals surface area contributed by atoms with E-state index >= 15 is 0 Å². The molecule has 94 valence electrons. The van der Waals surface area contributed by atoms with E-state index in [4.69, 9.17) is 5.26 Å². The average molecular weight is 269 g/mol. The van der Waals surface area contributed by atoms with Crippen LogP contribution in [0.25, 0.3) is 0 Å². The maximum absolute atomic E-state index is 11.7. The summed E-state index contributed by atoms with van der Waals surface area (Å²) in [7, 11) is 0. The molecule has 0 saturated heterocycles. The van der Waals surface area contributed by atoms with Crippen LogP contribution in [-0.2, 0) is 4.79 Å². The maximum atomic E-state index is 11.7. The van der Waals surface area contributed by atoms with Gasteiger partial charge in [-0.25, -0.2) is 4.98 Å². The zero-order valence-corrected chi connectivity index (χ0v) is 10.9. The van der Waals surface area contributed by atoms with Crippen molar-refractivity contribution in [3.8, 4) is 6.07 Å². The third-order valence-corrected chi connectivity index (χ3v) is 3.23. The standard InChI is InChI=1S/C14H11N3OS/c15-9-11-4-6-12(7-5-11)17-13(18)10-19-14-3-1-2-8-16-14/h1-8H,10H2,(H,17,18). The van der Waals surface area contributed by atoms with Gasteiger partial charge in [0.1, 0.15) is 0 Å². The topological polar surface area (TPSA) is 65.8 Å². The summed E-state index contributed by atoms with van der Waals surface area (Å²) >= 11 is 1.38. The van der Waals surface area contributed by atoms with Crippen molar-refractivity contribution in [3.05, 3.63) is 54.2 Å². The van der Waals surface area contributed by atoms with Gasteiger partial charge in [0, 0.05) is 11.9 Å². The number of benzene rings is 1. The number of nitrogens with zero attached hydrogens (tertiary/aromatic N) is 2. The van der Waals surface area contributed by atoms with Crippen molar-refractivity contribution in [2.75, 3.05) is 11.1 Å². The molecule has 0 aliphatic heterocycles. The number of nitrogens with one attached hydrogen (secondary N) is 1. The highest BCUT2D eigenvalue weighted by Gasteiger charge is 2.04. The van der Waals surface area contributed by atoms with E-state index in [0.717, 1.165) is 5.03 Å². The van der Waals surface area contributed by atoms with Gasteiger partial charge in [0.25, 0.3) is 0 Å². The second-order valence-corrected chi connectivity index (χ2v) is 4.69. The highest BCUT2D eigenvalue weighted by molar-refractivity contribution is 7.99. The lowest BCUT2D eigenvalue weighted by molar-refractivity contribution is -0.113. The predicted molar refractivity (Wildman–Crippen MR) is 74.7 cm³/mol. The molecule has 1 N–H and O–H groups in total. The molecule has 0 saturated carbocycles. The minimum atomic E-state index is -0.0969. The highest BCUT2D eigenvalue weighted by Crippen LogP contribution is 2.15. The number of pyridine rings is 1. The Bertz CT molecular complexity index is 590. The highest BCUT2D eigenvalue weighted by atomic mass is 32.2. The molecule has 19 heavy (non-hydrogen) atoms. The Hall–Kier alpha value is -2.32. The van der Waals surface area contributed by atoms with Gasteiger partial charge in [0.05, 0.1) is 22.4 Å². The smallest absolute Gasteiger partial charge is 0.234 e. The predicted octanol–water partition coefficient (Wildman–Crippen LogP) is 2.68. The van der Waals surface area contributed by atoms with E-state index in [0.29, 0.717) is 17.0 Å².